The number of rotatable bonds is 7. The second kappa shape index (κ2) is 10.3. The van der Waals surface area contributed by atoms with Crippen LogP contribution in [0, 0.1) is 0 Å². The van der Waals surface area contributed by atoms with Crippen molar-refractivity contribution in [2.75, 3.05) is 30.4 Å². The lowest BCUT2D eigenvalue weighted by atomic mass is 9.98. The normalized spacial score (nSPS) is 16.4. The summed E-state index contributed by atoms with van der Waals surface area (Å²) in [7, 11) is 1.59. The van der Waals surface area contributed by atoms with E-state index in [-0.39, 0.29) is 43.3 Å². The number of hydrogen-bond donors (Lipinski definition) is 1. The van der Waals surface area contributed by atoms with Crippen molar-refractivity contribution < 1.29 is 19.1 Å². The highest BCUT2D eigenvalue weighted by molar-refractivity contribution is 6.05. The Kier molecular flexibility index (Phi) is 7.51. The van der Waals surface area contributed by atoms with Gasteiger partial charge < -0.3 is 19.9 Å². The Balaban J connectivity index is 1.67. The molecule has 170 valence electrons. The highest BCUT2D eigenvalue weighted by Crippen LogP contribution is 2.31. The molecule has 2 aromatic rings. The molecule has 0 aliphatic carbocycles. The van der Waals surface area contributed by atoms with E-state index in [0.717, 1.165) is 12.0 Å². The first-order chi connectivity index (χ1) is 15.3. The summed E-state index contributed by atoms with van der Waals surface area (Å²) >= 11 is 0. The molecule has 2 atom stereocenters. The van der Waals surface area contributed by atoms with Gasteiger partial charge in [0.25, 0.3) is 5.91 Å². The predicted octanol–water partition coefficient (Wildman–Crippen LogP) is 3.80. The molecule has 7 heteroatoms. The lowest BCUT2D eigenvalue weighted by Crippen LogP contribution is -2.46. The van der Waals surface area contributed by atoms with Gasteiger partial charge in [-0.25, -0.2) is 0 Å². The summed E-state index contributed by atoms with van der Waals surface area (Å²) in [5.74, 6) is 0.328. The summed E-state index contributed by atoms with van der Waals surface area (Å²) < 4.78 is 5.81. The highest BCUT2D eigenvalue weighted by Gasteiger charge is 2.30. The first-order valence-corrected chi connectivity index (χ1v) is 11.0. The van der Waals surface area contributed by atoms with Crippen LogP contribution in [0.3, 0.4) is 0 Å². The molecule has 32 heavy (non-hydrogen) atoms. The second-order valence-electron chi connectivity index (χ2n) is 8.27. The Hall–Kier alpha value is -3.35. The number of ether oxygens (including phenoxy) is 1. The Labute approximate surface area is 189 Å². The molecular weight excluding hydrogens is 406 g/mol. The van der Waals surface area contributed by atoms with Crippen LogP contribution in [0.1, 0.15) is 45.1 Å². The quantitative estimate of drug-likeness (QED) is 0.715. The fourth-order valence-corrected chi connectivity index (χ4v) is 3.82. The van der Waals surface area contributed by atoms with Crippen LogP contribution in [0.4, 0.5) is 11.4 Å². The van der Waals surface area contributed by atoms with Crippen molar-refractivity contribution in [3.05, 3.63) is 54.1 Å². The molecule has 0 spiro atoms. The molecule has 7 nitrogen and oxygen atoms in total. The minimum Gasteiger partial charge on any atom is -0.483 e. The van der Waals surface area contributed by atoms with E-state index in [9.17, 15) is 14.4 Å². The molecule has 0 unspecified atom stereocenters. The molecule has 1 N–H and O–H groups in total. The minimum atomic E-state index is -0.326. The summed E-state index contributed by atoms with van der Waals surface area (Å²) in [5.41, 5.74) is 2.29. The van der Waals surface area contributed by atoms with E-state index in [2.05, 4.69) is 19.2 Å². The standard InChI is InChI=1S/C25H31N3O4/c1-5-17(2)19-10-6-9-13-22(19)32-16-25(31)27(4)15-24(30)28-18(3)14-23(29)26-20-11-7-8-12-21(20)28/h6-13,17-18H,5,14-16H2,1-4H3,(H,26,29)/t17-,18+/m0/s1. The van der Waals surface area contributed by atoms with E-state index in [0.29, 0.717) is 23.0 Å². The molecule has 0 radical (unpaired) electrons. The Bertz CT molecular complexity index is 991. The third-order valence-corrected chi connectivity index (χ3v) is 5.84. The third-order valence-electron chi connectivity index (χ3n) is 5.84. The smallest absolute Gasteiger partial charge is 0.260 e. The van der Waals surface area contributed by atoms with Crippen molar-refractivity contribution in [3.8, 4) is 5.75 Å². The van der Waals surface area contributed by atoms with Crippen molar-refractivity contribution in [2.24, 2.45) is 0 Å². The van der Waals surface area contributed by atoms with Crippen molar-refractivity contribution in [2.45, 2.75) is 45.6 Å². The van der Waals surface area contributed by atoms with Gasteiger partial charge in [0.1, 0.15) is 5.75 Å². The summed E-state index contributed by atoms with van der Waals surface area (Å²) in [6, 6.07) is 14.6. The van der Waals surface area contributed by atoms with Gasteiger partial charge >= 0.3 is 0 Å². The number of fused-ring (bicyclic) bond motifs is 1. The molecule has 3 rings (SSSR count). The van der Waals surface area contributed by atoms with Crippen LogP contribution in [0.25, 0.3) is 0 Å². The number of benzene rings is 2. The van der Waals surface area contributed by atoms with E-state index in [1.807, 2.05) is 43.3 Å². The van der Waals surface area contributed by atoms with Crippen LogP contribution < -0.4 is 15.0 Å². The molecule has 2 aromatic carbocycles. The van der Waals surface area contributed by atoms with Gasteiger partial charge in [0.2, 0.25) is 11.8 Å². The molecule has 1 aliphatic rings. The molecule has 1 aliphatic heterocycles. The third kappa shape index (κ3) is 5.28. The number of para-hydroxylation sites is 3. The summed E-state index contributed by atoms with van der Waals surface area (Å²) in [4.78, 5) is 41.0. The number of carbonyl (C=O) groups is 3. The van der Waals surface area contributed by atoms with E-state index in [1.165, 1.54) is 4.90 Å². The maximum Gasteiger partial charge on any atom is 0.260 e. The molecule has 1 heterocycles. The van der Waals surface area contributed by atoms with Crippen molar-refractivity contribution >= 4 is 29.1 Å². The van der Waals surface area contributed by atoms with Crippen LogP contribution in [0.15, 0.2) is 48.5 Å². The molecule has 3 amide bonds. The number of amides is 3. The largest absolute Gasteiger partial charge is 0.483 e. The Morgan fingerprint density at radius 1 is 1.19 bits per heavy atom. The SMILES string of the molecule is CC[C@H](C)c1ccccc1OCC(=O)N(C)CC(=O)N1c2ccccc2NC(=O)C[C@H]1C. The lowest BCUT2D eigenvalue weighted by Gasteiger charge is -2.29. The number of nitrogens with zero attached hydrogens (tertiary/aromatic N) is 2. The van der Waals surface area contributed by atoms with Crippen LogP contribution in [0.5, 0.6) is 5.75 Å². The van der Waals surface area contributed by atoms with Gasteiger partial charge in [0.05, 0.1) is 17.9 Å². The van der Waals surface area contributed by atoms with Gasteiger partial charge in [-0.05, 0) is 43.0 Å². The highest BCUT2D eigenvalue weighted by atomic mass is 16.5. The molecule has 0 bridgehead atoms. The Morgan fingerprint density at radius 3 is 2.62 bits per heavy atom. The number of hydrogen-bond acceptors (Lipinski definition) is 4. The van der Waals surface area contributed by atoms with Gasteiger partial charge in [-0.3, -0.25) is 14.4 Å². The van der Waals surface area contributed by atoms with Crippen LogP contribution in [0.2, 0.25) is 0 Å². The number of anilines is 2. The first kappa shape index (κ1) is 23.3. The number of nitrogens with one attached hydrogen (secondary N) is 1. The average molecular weight is 438 g/mol. The minimum absolute atomic E-state index is 0.109. The zero-order valence-electron chi connectivity index (χ0n) is 19.1. The van der Waals surface area contributed by atoms with Crippen molar-refractivity contribution in [1.29, 1.82) is 0 Å². The summed E-state index contributed by atoms with van der Waals surface area (Å²) in [6.45, 7) is 5.80. The van der Waals surface area contributed by atoms with Crippen LogP contribution >= 0.6 is 0 Å². The topological polar surface area (TPSA) is 79.0 Å². The van der Waals surface area contributed by atoms with Crippen LogP contribution in [-0.2, 0) is 14.4 Å². The van der Waals surface area contributed by atoms with Gasteiger partial charge in [-0.2, -0.15) is 0 Å². The molecule has 0 aromatic heterocycles. The number of carbonyl (C=O) groups excluding carboxylic acids is 3. The zero-order valence-corrected chi connectivity index (χ0v) is 19.1. The van der Waals surface area contributed by atoms with Gasteiger partial charge in [-0.1, -0.05) is 44.2 Å². The zero-order chi connectivity index (χ0) is 23.3. The molecule has 0 saturated carbocycles. The molecule has 0 saturated heterocycles. The fourth-order valence-electron chi connectivity index (χ4n) is 3.82. The lowest BCUT2D eigenvalue weighted by molar-refractivity contribution is -0.135. The first-order valence-electron chi connectivity index (χ1n) is 11.0. The maximum absolute atomic E-state index is 13.2. The molecule has 0 fully saturated rings. The fraction of sp³-hybridized carbons (Fsp3) is 0.400. The van der Waals surface area contributed by atoms with Crippen molar-refractivity contribution in [3.63, 3.8) is 0 Å². The van der Waals surface area contributed by atoms with Gasteiger partial charge in [0.15, 0.2) is 6.61 Å². The predicted molar refractivity (Wildman–Crippen MR) is 125 cm³/mol. The number of likely N-dealkylation sites (N-methyl/N-ethyl adjacent to an activating group) is 1. The monoisotopic (exact) mass is 437 g/mol. The van der Waals surface area contributed by atoms with E-state index in [1.54, 1.807) is 24.1 Å². The second-order valence-corrected chi connectivity index (χ2v) is 8.27. The maximum atomic E-state index is 13.2. The van der Waals surface area contributed by atoms with E-state index >= 15 is 0 Å². The van der Waals surface area contributed by atoms with Gasteiger partial charge in [0, 0.05) is 19.5 Å². The molecular formula is C25H31N3O4. The summed E-state index contributed by atoms with van der Waals surface area (Å²) in [6.07, 6.45) is 1.16. The summed E-state index contributed by atoms with van der Waals surface area (Å²) in [5, 5.41) is 2.84. The average Bonchev–Trinajstić information content (AvgIpc) is 2.90. The van der Waals surface area contributed by atoms with E-state index in [4.69, 9.17) is 4.74 Å². The van der Waals surface area contributed by atoms with Gasteiger partial charge in [-0.15, -0.1) is 0 Å². The van der Waals surface area contributed by atoms with Crippen LogP contribution in [-0.4, -0.2) is 48.9 Å². The Morgan fingerprint density at radius 2 is 1.88 bits per heavy atom. The van der Waals surface area contributed by atoms with Crippen molar-refractivity contribution in [1.82, 2.24) is 4.90 Å². The van der Waals surface area contributed by atoms with E-state index < -0.39 is 0 Å².